The molecule has 27 heavy (non-hydrogen) atoms. The minimum atomic E-state index is -3.24. The number of primary amides is 1. The Bertz CT molecular complexity index is 885. The molecule has 1 fully saturated rings. The predicted molar refractivity (Wildman–Crippen MR) is 103 cm³/mol. The third-order valence-corrected chi connectivity index (χ3v) is 6.85. The van der Waals surface area contributed by atoms with Crippen molar-refractivity contribution in [2.75, 3.05) is 25.4 Å². The van der Waals surface area contributed by atoms with E-state index in [1.165, 1.54) is 0 Å². The molecule has 1 amide bonds. The maximum absolute atomic E-state index is 12.4. The normalized spacial score (nSPS) is 16.5. The molecule has 0 bridgehead atoms. The minimum Gasteiger partial charge on any atom is -0.365 e. The second-order valence-corrected chi connectivity index (χ2v) is 9.26. The van der Waals surface area contributed by atoms with E-state index in [0.717, 1.165) is 38.0 Å². The standard InChI is InChI=1S/C19H26N4O3S/c1-22-14-17(19(20)24)18(21-22)13-15-7-9-23(10-8-15)11-12-27(25,26)16-5-3-2-4-6-16/h2-6,14-15H,7-13H2,1H3,(H2,20,24). The van der Waals surface area contributed by atoms with Crippen LogP contribution >= 0.6 is 0 Å². The topological polar surface area (TPSA) is 98.3 Å². The van der Waals surface area contributed by atoms with Crippen molar-refractivity contribution in [3.63, 3.8) is 0 Å². The number of nitrogens with zero attached hydrogens (tertiary/aromatic N) is 3. The number of amides is 1. The molecule has 1 aliphatic heterocycles. The van der Waals surface area contributed by atoms with Gasteiger partial charge in [0.15, 0.2) is 9.84 Å². The van der Waals surface area contributed by atoms with Gasteiger partial charge in [-0.1, -0.05) is 18.2 Å². The molecule has 2 N–H and O–H groups in total. The molecule has 1 aromatic heterocycles. The maximum atomic E-state index is 12.4. The number of hydrogen-bond donors (Lipinski definition) is 1. The number of sulfone groups is 1. The smallest absolute Gasteiger partial charge is 0.252 e. The maximum Gasteiger partial charge on any atom is 0.252 e. The molecule has 0 unspecified atom stereocenters. The summed E-state index contributed by atoms with van der Waals surface area (Å²) in [4.78, 5) is 14.1. The van der Waals surface area contributed by atoms with Crippen molar-refractivity contribution in [1.29, 1.82) is 0 Å². The summed E-state index contributed by atoms with van der Waals surface area (Å²) >= 11 is 0. The van der Waals surface area contributed by atoms with Crippen LogP contribution in [0.1, 0.15) is 28.9 Å². The second kappa shape index (κ2) is 8.22. The predicted octanol–water partition coefficient (Wildman–Crippen LogP) is 1.25. The lowest BCUT2D eigenvalue weighted by molar-refractivity contribution is 0.0998. The summed E-state index contributed by atoms with van der Waals surface area (Å²) in [7, 11) is -1.46. The zero-order valence-electron chi connectivity index (χ0n) is 15.5. The average molecular weight is 391 g/mol. The van der Waals surface area contributed by atoms with Gasteiger partial charge in [-0.25, -0.2) is 8.42 Å². The van der Waals surface area contributed by atoms with Crippen molar-refractivity contribution in [2.45, 2.75) is 24.2 Å². The van der Waals surface area contributed by atoms with Crippen LogP contribution in [0.4, 0.5) is 0 Å². The van der Waals surface area contributed by atoms with E-state index in [0.29, 0.717) is 22.9 Å². The molecular weight excluding hydrogens is 364 g/mol. The van der Waals surface area contributed by atoms with Crippen molar-refractivity contribution in [1.82, 2.24) is 14.7 Å². The number of aromatic nitrogens is 2. The van der Waals surface area contributed by atoms with Crippen LogP contribution in [0.25, 0.3) is 0 Å². The molecule has 3 rings (SSSR count). The minimum absolute atomic E-state index is 0.133. The fraction of sp³-hybridized carbons (Fsp3) is 0.474. The molecule has 1 aromatic carbocycles. The highest BCUT2D eigenvalue weighted by molar-refractivity contribution is 7.91. The highest BCUT2D eigenvalue weighted by atomic mass is 32.2. The third-order valence-electron chi connectivity index (χ3n) is 5.14. The number of nitrogens with two attached hydrogens (primary N) is 1. The van der Waals surface area contributed by atoms with Crippen molar-refractivity contribution in [3.8, 4) is 0 Å². The molecule has 2 heterocycles. The van der Waals surface area contributed by atoms with Crippen LogP contribution in [-0.4, -0.2) is 54.4 Å². The Morgan fingerprint density at radius 1 is 1.22 bits per heavy atom. The first-order valence-corrected chi connectivity index (χ1v) is 10.8. The zero-order valence-corrected chi connectivity index (χ0v) is 16.4. The Labute approximate surface area is 160 Å². The Kier molecular flexibility index (Phi) is 5.96. The van der Waals surface area contributed by atoms with Crippen LogP contribution in [0.5, 0.6) is 0 Å². The number of benzene rings is 1. The van der Waals surface area contributed by atoms with Gasteiger partial charge >= 0.3 is 0 Å². The zero-order chi connectivity index (χ0) is 19.4. The first-order valence-electron chi connectivity index (χ1n) is 9.17. The van der Waals surface area contributed by atoms with Crippen molar-refractivity contribution in [2.24, 2.45) is 18.7 Å². The van der Waals surface area contributed by atoms with Gasteiger partial charge in [0.25, 0.3) is 5.91 Å². The van der Waals surface area contributed by atoms with Gasteiger partial charge < -0.3 is 10.6 Å². The summed E-state index contributed by atoms with van der Waals surface area (Å²) in [5.74, 6) is 0.120. The van der Waals surface area contributed by atoms with Crippen LogP contribution < -0.4 is 5.73 Å². The molecule has 0 aliphatic carbocycles. The van der Waals surface area contributed by atoms with Gasteiger partial charge in [0.05, 0.1) is 21.9 Å². The summed E-state index contributed by atoms with van der Waals surface area (Å²) < 4.78 is 26.4. The average Bonchev–Trinajstić information content (AvgIpc) is 3.02. The van der Waals surface area contributed by atoms with E-state index < -0.39 is 15.7 Å². The quantitative estimate of drug-likeness (QED) is 0.767. The Hall–Kier alpha value is -2.19. The summed E-state index contributed by atoms with van der Waals surface area (Å²) in [5.41, 5.74) is 6.68. The Morgan fingerprint density at radius 3 is 2.52 bits per heavy atom. The van der Waals surface area contributed by atoms with E-state index in [4.69, 9.17) is 5.73 Å². The first-order chi connectivity index (χ1) is 12.8. The number of aryl methyl sites for hydroxylation is 1. The molecule has 1 saturated heterocycles. The molecule has 0 saturated carbocycles. The number of likely N-dealkylation sites (tertiary alicyclic amines) is 1. The molecule has 2 aromatic rings. The van der Waals surface area contributed by atoms with Gasteiger partial charge in [-0.2, -0.15) is 5.10 Å². The largest absolute Gasteiger partial charge is 0.365 e. The van der Waals surface area contributed by atoms with Gasteiger partial charge in [-0.05, 0) is 50.4 Å². The Balaban J connectivity index is 1.50. The van der Waals surface area contributed by atoms with E-state index in [1.54, 1.807) is 42.2 Å². The molecule has 0 radical (unpaired) electrons. The number of piperidine rings is 1. The molecule has 7 nitrogen and oxygen atoms in total. The van der Waals surface area contributed by atoms with Gasteiger partial charge in [0.2, 0.25) is 0 Å². The molecule has 146 valence electrons. The van der Waals surface area contributed by atoms with Crippen molar-refractivity contribution >= 4 is 15.7 Å². The van der Waals surface area contributed by atoms with Crippen molar-refractivity contribution < 1.29 is 13.2 Å². The van der Waals surface area contributed by atoms with Crippen LogP contribution in [0.3, 0.4) is 0 Å². The molecule has 0 spiro atoms. The monoisotopic (exact) mass is 390 g/mol. The van der Waals surface area contributed by atoms with Gasteiger partial charge in [-0.3, -0.25) is 9.48 Å². The van der Waals surface area contributed by atoms with E-state index in [9.17, 15) is 13.2 Å². The lowest BCUT2D eigenvalue weighted by atomic mass is 9.91. The van der Waals surface area contributed by atoms with Crippen LogP contribution in [0.2, 0.25) is 0 Å². The van der Waals surface area contributed by atoms with Crippen LogP contribution in [0.15, 0.2) is 41.4 Å². The van der Waals surface area contributed by atoms with E-state index in [1.807, 2.05) is 6.07 Å². The fourth-order valence-electron chi connectivity index (χ4n) is 3.57. The molecule has 0 atom stereocenters. The van der Waals surface area contributed by atoms with E-state index >= 15 is 0 Å². The van der Waals surface area contributed by atoms with E-state index in [-0.39, 0.29) is 5.75 Å². The number of rotatable bonds is 7. The second-order valence-electron chi connectivity index (χ2n) is 7.15. The summed E-state index contributed by atoms with van der Waals surface area (Å²) in [6.45, 7) is 2.25. The summed E-state index contributed by atoms with van der Waals surface area (Å²) in [6, 6.07) is 8.59. The molecule has 8 heteroatoms. The first kappa shape index (κ1) is 19.6. The fourth-order valence-corrected chi connectivity index (χ4v) is 4.88. The van der Waals surface area contributed by atoms with Crippen molar-refractivity contribution in [3.05, 3.63) is 47.8 Å². The third kappa shape index (κ3) is 4.95. The van der Waals surface area contributed by atoms with E-state index in [2.05, 4.69) is 10.00 Å². The van der Waals surface area contributed by atoms with Crippen LogP contribution in [-0.2, 0) is 23.3 Å². The molecular formula is C19H26N4O3S. The summed E-state index contributed by atoms with van der Waals surface area (Å²) in [6.07, 6.45) is 4.32. The van der Waals surface area contributed by atoms with Gasteiger partial charge in [0, 0.05) is 19.8 Å². The highest BCUT2D eigenvalue weighted by Crippen LogP contribution is 2.23. The van der Waals surface area contributed by atoms with Gasteiger partial charge in [0.1, 0.15) is 0 Å². The number of carbonyl (C=O) groups excluding carboxylic acids is 1. The lowest BCUT2D eigenvalue weighted by Gasteiger charge is -2.31. The highest BCUT2D eigenvalue weighted by Gasteiger charge is 2.24. The van der Waals surface area contributed by atoms with Gasteiger partial charge in [-0.15, -0.1) is 0 Å². The lowest BCUT2D eigenvalue weighted by Crippen LogP contribution is -2.37. The van der Waals surface area contributed by atoms with Crippen LogP contribution in [0, 0.1) is 5.92 Å². The molecule has 1 aliphatic rings. The number of carbonyl (C=O) groups is 1. The Morgan fingerprint density at radius 2 is 1.89 bits per heavy atom. The SMILES string of the molecule is Cn1cc(C(N)=O)c(CC2CCN(CCS(=O)(=O)c3ccccc3)CC2)n1. The summed E-state index contributed by atoms with van der Waals surface area (Å²) in [5, 5.41) is 4.37. The number of hydrogen-bond acceptors (Lipinski definition) is 5.